The minimum atomic E-state index is -0.276. The Bertz CT molecular complexity index is 1290. The second-order valence-electron chi connectivity index (χ2n) is 8.21. The summed E-state index contributed by atoms with van der Waals surface area (Å²) in [5.74, 6) is 0.245. The van der Waals surface area contributed by atoms with Gasteiger partial charge in [-0.25, -0.2) is 4.39 Å². The quantitative estimate of drug-likeness (QED) is 0.588. The van der Waals surface area contributed by atoms with Crippen LogP contribution in [0.15, 0.2) is 64.4 Å². The summed E-state index contributed by atoms with van der Waals surface area (Å²) in [7, 11) is 1.60. The fraction of sp³-hybridized carbons (Fsp3) is 0.280. The van der Waals surface area contributed by atoms with E-state index in [4.69, 9.17) is 4.74 Å². The highest BCUT2D eigenvalue weighted by atomic mass is 32.2. The van der Waals surface area contributed by atoms with Crippen LogP contribution in [0.3, 0.4) is 0 Å². The molecule has 0 bridgehead atoms. The summed E-state index contributed by atoms with van der Waals surface area (Å²) in [6, 6.07) is 14.3. The van der Waals surface area contributed by atoms with E-state index in [1.54, 1.807) is 47.6 Å². The molecular formula is C25H24FN3O3S. The number of pyridine rings is 1. The van der Waals surface area contributed by atoms with Gasteiger partial charge in [-0.05, 0) is 35.7 Å². The SMILES string of the molecule is COCCN1CN(C2c3ccccc3CSc3cc(F)ccc32)n2ccc(=O)c(C)c2C1=O. The normalized spacial score (nSPS) is 17.3. The van der Waals surface area contributed by atoms with Crippen molar-refractivity contribution in [3.63, 3.8) is 0 Å². The zero-order valence-corrected chi connectivity index (χ0v) is 19.3. The third kappa shape index (κ3) is 3.73. The Balaban J connectivity index is 1.74. The summed E-state index contributed by atoms with van der Waals surface area (Å²) in [6.45, 7) is 2.77. The Morgan fingerprint density at radius 2 is 1.94 bits per heavy atom. The van der Waals surface area contributed by atoms with Gasteiger partial charge in [0.2, 0.25) is 0 Å². The van der Waals surface area contributed by atoms with Gasteiger partial charge in [0.1, 0.15) is 18.2 Å². The minimum absolute atomic E-state index is 0.178. The van der Waals surface area contributed by atoms with Gasteiger partial charge in [0.05, 0.1) is 12.6 Å². The standard InChI is InChI=1S/C25H24FN3O3S/c1-16-21(30)9-10-28-23(16)25(31)27(11-12-32-2)15-29(28)24-19-6-4-3-5-17(19)14-33-22-13-18(26)7-8-20(22)24/h3-10,13,24H,11-12,14-15H2,1-2H3. The maximum atomic E-state index is 14.2. The predicted octanol–water partition coefficient (Wildman–Crippen LogP) is 3.69. The molecule has 0 radical (unpaired) electrons. The molecule has 1 aromatic heterocycles. The lowest BCUT2D eigenvalue weighted by atomic mass is 9.94. The van der Waals surface area contributed by atoms with Crippen LogP contribution < -0.4 is 10.4 Å². The van der Waals surface area contributed by atoms with Crippen molar-refractivity contribution in [1.29, 1.82) is 0 Å². The number of rotatable bonds is 4. The molecule has 1 atom stereocenters. The first kappa shape index (κ1) is 21.7. The van der Waals surface area contributed by atoms with Gasteiger partial charge in [-0.15, -0.1) is 11.8 Å². The molecule has 3 aromatic rings. The summed E-state index contributed by atoms with van der Waals surface area (Å²) in [6.07, 6.45) is 1.67. The molecule has 0 spiro atoms. The van der Waals surface area contributed by atoms with Crippen molar-refractivity contribution < 1.29 is 13.9 Å². The van der Waals surface area contributed by atoms with E-state index in [1.165, 1.54) is 12.1 Å². The average Bonchev–Trinajstić information content (AvgIpc) is 2.97. The van der Waals surface area contributed by atoms with Crippen molar-refractivity contribution in [2.24, 2.45) is 0 Å². The van der Waals surface area contributed by atoms with Crippen molar-refractivity contribution in [3.05, 3.63) is 98.7 Å². The van der Waals surface area contributed by atoms with Crippen LogP contribution >= 0.6 is 11.8 Å². The molecular weight excluding hydrogens is 441 g/mol. The lowest BCUT2D eigenvalue weighted by Crippen LogP contribution is -2.56. The zero-order valence-electron chi connectivity index (χ0n) is 18.5. The van der Waals surface area contributed by atoms with E-state index in [-0.39, 0.29) is 23.2 Å². The molecule has 2 aromatic carbocycles. The molecule has 2 aliphatic heterocycles. The number of hydrogen-bond donors (Lipinski definition) is 0. The number of carbonyl (C=O) groups is 1. The minimum Gasteiger partial charge on any atom is -0.383 e. The molecule has 0 aliphatic carbocycles. The van der Waals surface area contributed by atoms with E-state index in [2.05, 4.69) is 17.1 Å². The Labute approximate surface area is 195 Å². The smallest absolute Gasteiger partial charge is 0.274 e. The summed E-state index contributed by atoms with van der Waals surface area (Å²) in [5, 5.41) is 2.08. The molecule has 8 heteroatoms. The largest absolute Gasteiger partial charge is 0.383 e. The van der Waals surface area contributed by atoms with Crippen molar-refractivity contribution in [1.82, 2.24) is 9.58 Å². The second kappa shape index (κ2) is 8.68. The number of ether oxygens (including phenoxy) is 1. The number of amides is 1. The first-order valence-corrected chi connectivity index (χ1v) is 11.8. The summed E-state index contributed by atoms with van der Waals surface area (Å²) in [4.78, 5) is 28.4. The van der Waals surface area contributed by atoms with Crippen LogP contribution in [0.5, 0.6) is 0 Å². The van der Waals surface area contributed by atoms with Gasteiger partial charge in [-0.3, -0.25) is 19.3 Å². The van der Waals surface area contributed by atoms with E-state index in [1.807, 2.05) is 18.2 Å². The molecule has 6 nitrogen and oxygen atoms in total. The number of carbonyl (C=O) groups excluding carboxylic acids is 1. The number of halogens is 1. The third-order valence-corrected chi connectivity index (χ3v) is 7.39. The molecule has 170 valence electrons. The number of thioether (sulfide) groups is 1. The molecule has 1 amide bonds. The first-order valence-electron chi connectivity index (χ1n) is 10.8. The van der Waals surface area contributed by atoms with Gasteiger partial charge in [0.25, 0.3) is 5.91 Å². The molecule has 2 aliphatic rings. The maximum absolute atomic E-state index is 14.2. The summed E-state index contributed by atoms with van der Waals surface area (Å²) >= 11 is 1.61. The van der Waals surface area contributed by atoms with E-state index in [0.29, 0.717) is 31.1 Å². The summed E-state index contributed by atoms with van der Waals surface area (Å²) < 4.78 is 21.2. The first-order chi connectivity index (χ1) is 16.0. The van der Waals surface area contributed by atoms with Crippen molar-refractivity contribution in [2.75, 3.05) is 31.9 Å². The Hall–Kier alpha value is -3.10. The fourth-order valence-corrected chi connectivity index (χ4v) is 5.69. The second-order valence-corrected chi connectivity index (χ2v) is 9.23. The molecule has 33 heavy (non-hydrogen) atoms. The number of benzene rings is 2. The van der Waals surface area contributed by atoms with Crippen molar-refractivity contribution in [3.8, 4) is 0 Å². The lowest BCUT2D eigenvalue weighted by Gasteiger charge is -2.44. The molecule has 0 saturated carbocycles. The van der Waals surface area contributed by atoms with Crippen LogP contribution in [0.25, 0.3) is 0 Å². The Kier molecular flexibility index (Phi) is 5.72. The molecule has 0 saturated heterocycles. The van der Waals surface area contributed by atoms with Crippen LogP contribution in [0.1, 0.15) is 38.8 Å². The predicted molar refractivity (Wildman–Crippen MR) is 126 cm³/mol. The number of methoxy groups -OCH3 is 1. The summed E-state index contributed by atoms with van der Waals surface area (Å²) in [5.41, 5.74) is 3.80. The Morgan fingerprint density at radius 1 is 1.12 bits per heavy atom. The van der Waals surface area contributed by atoms with Crippen LogP contribution in [0.2, 0.25) is 0 Å². The van der Waals surface area contributed by atoms with Crippen molar-refractivity contribution >= 4 is 17.7 Å². The number of hydrogen-bond acceptors (Lipinski definition) is 5. The van der Waals surface area contributed by atoms with E-state index < -0.39 is 0 Å². The molecule has 3 heterocycles. The van der Waals surface area contributed by atoms with Crippen LogP contribution in [0.4, 0.5) is 4.39 Å². The monoisotopic (exact) mass is 465 g/mol. The highest BCUT2D eigenvalue weighted by Crippen LogP contribution is 2.42. The molecule has 0 fully saturated rings. The van der Waals surface area contributed by atoms with Gasteiger partial charge in [0, 0.05) is 42.1 Å². The third-order valence-electron chi connectivity index (χ3n) is 6.27. The van der Waals surface area contributed by atoms with Crippen LogP contribution in [-0.4, -0.2) is 42.4 Å². The van der Waals surface area contributed by atoms with Crippen LogP contribution in [0, 0.1) is 12.7 Å². The molecule has 0 N–H and O–H groups in total. The topological polar surface area (TPSA) is 54.8 Å². The Morgan fingerprint density at radius 3 is 2.76 bits per heavy atom. The van der Waals surface area contributed by atoms with Gasteiger partial charge < -0.3 is 9.64 Å². The van der Waals surface area contributed by atoms with Gasteiger partial charge in [-0.2, -0.15) is 0 Å². The maximum Gasteiger partial charge on any atom is 0.274 e. The van der Waals surface area contributed by atoms with E-state index in [9.17, 15) is 14.0 Å². The number of fused-ring (bicyclic) bond motifs is 3. The van der Waals surface area contributed by atoms with E-state index in [0.717, 1.165) is 27.3 Å². The van der Waals surface area contributed by atoms with E-state index >= 15 is 0 Å². The fourth-order valence-electron chi connectivity index (χ4n) is 4.57. The highest BCUT2D eigenvalue weighted by molar-refractivity contribution is 7.98. The lowest BCUT2D eigenvalue weighted by molar-refractivity contribution is 0.0618. The van der Waals surface area contributed by atoms with Crippen LogP contribution in [-0.2, 0) is 10.5 Å². The highest BCUT2D eigenvalue weighted by Gasteiger charge is 2.37. The average molecular weight is 466 g/mol. The molecule has 5 rings (SSSR count). The molecule has 1 unspecified atom stereocenters. The van der Waals surface area contributed by atoms with Gasteiger partial charge in [0.15, 0.2) is 5.43 Å². The van der Waals surface area contributed by atoms with Crippen molar-refractivity contribution in [2.45, 2.75) is 23.6 Å². The number of nitrogens with zero attached hydrogens (tertiary/aromatic N) is 3. The zero-order chi connectivity index (χ0) is 23.1. The van der Waals surface area contributed by atoms with Gasteiger partial charge >= 0.3 is 0 Å². The van der Waals surface area contributed by atoms with Gasteiger partial charge in [-0.1, -0.05) is 30.3 Å². The number of aromatic nitrogens is 1.